The molecule has 4 aliphatic rings. The van der Waals surface area contributed by atoms with Gasteiger partial charge in [0, 0.05) is 36.3 Å². The van der Waals surface area contributed by atoms with E-state index in [1.165, 1.54) is 7.05 Å². The Morgan fingerprint density at radius 2 is 1.88 bits per heavy atom. The highest BCUT2D eigenvalue weighted by atomic mass is 16.7. The molecule has 2 bridgehead atoms. The second kappa shape index (κ2) is 13.8. The lowest BCUT2D eigenvalue weighted by Gasteiger charge is -2.53. The van der Waals surface area contributed by atoms with Crippen molar-refractivity contribution in [3.8, 4) is 11.5 Å². The molecule has 1 amide bonds. The Bertz CT molecular complexity index is 1800. The highest BCUT2D eigenvalue weighted by molar-refractivity contribution is 5.90. The Kier molecular flexibility index (Phi) is 9.65. The zero-order valence-electron chi connectivity index (χ0n) is 27.3. The Labute approximate surface area is 286 Å². The molecular weight excluding hydrogens is 656 g/mol. The van der Waals surface area contributed by atoms with E-state index in [2.05, 4.69) is 16.5 Å². The molecule has 0 aliphatic carbocycles. The first-order valence-electron chi connectivity index (χ1n) is 16.0. The lowest BCUT2D eigenvalue weighted by atomic mass is 9.67. The van der Waals surface area contributed by atoms with Gasteiger partial charge >= 0.3 is 12.1 Å². The molecule has 7 rings (SSSR count). The van der Waals surface area contributed by atoms with Crippen molar-refractivity contribution in [3.63, 3.8) is 0 Å². The molecule has 4 saturated heterocycles. The fraction of sp³-hybridized carbons (Fsp3) is 0.441. The summed E-state index contributed by atoms with van der Waals surface area (Å²) in [6, 6.07) is 10.2. The number of hydrogen-bond donors (Lipinski definition) is 4. The zero-order chi connectivity index (χ0) is 35.9. The van der Waals surface area contributed by atoms with Gasteiger partial charge in [-0.15, -0.1) is 6.58 Å². The summed E-state index contributed by atoms with van der Waals surface area (Å²) >= 11 is 0. The average Bonchev–Trinajstić information content (AvgIpc) is 3.13. The molecule has 1 aromatic heterocycles. The lowest BCUT2D eigenvalue weighted by molar-refractivity contribution is -0.384. The summed E-state index contributed by atoms with van der Waals surface area (Å²) in [5, 5.41) is 52.9. The fourth-order valence-electron chi connectivity index (χ4n) is 7.05. The Morgan fingerprint density at radius 3 is 2.54 bits per heavy atom. The first-order chi connectivity index (χ1) is 23.9. The number of benzene rings is 2. The SMILES string of the molecule is C=CC12CCN(CC1)C(C(OC(=O)N(C)c1cc([N+](=O)[O-])ccc1O[C@@H]1O[C@H](C(=O)O)[C@@H](O)[C@H](O)[C@H]1O)c1ccnc3ccc(OC)cc13)C2. The molecule has 16 heteroatoms. The summed E-state index contributed by atoms with van der Waals surface area (Å²) < 4.78 is 22.8. The Balaban J connectivity index is 1.37. The van der Waals surface area contributed by atoms with Gasteiger partial charge in [0.2, 0.25) is 6.29 Å². The third-order valence-electron chi connectivity index (χ3n) is 10.0. The van der Waals surface area contributed by atoms with Gasteiger partial charge in [-0.1, -0.05) is 6.08 Å². The number of allylic oxidation sites excluding steroid dienone is 1. The number of non-ortho nitro benzene ring substituents is 1. The van der Waals surface area contributed by atoms with Crippen LogP contribution in [0.15, 0.2) is 61.3 Å². The number of carbonyl (C=O) groups excluding carboxylic acids is 1. The van der Waals surface area contributed by atoms with Crippen LogP contribution in [0.3, 0.4) is 0 Å². The summed E-state index contributed by atoms with van der Waals surface area (Å²) in [7, 11) is 2.86. The minimum atomic E-state index is -1.97. The van der Waals surface area contributed by atoms with Gasteiger partial charge in [0.1, 0.15) is 35.9 Å². The van der Waals surface area contributed by atoms with E-state index in [4.69, 9.17) is 18.9 Å². The van der Waals surface area contributed by atoms with Crippen molar-refractivity contribution in [3.05, 3.63) is 77.0 Å². The van der Waals surface area contributed by atoms with Gasteiger partial charge in [0.05, 0.1) is 29.3 Å². The number of aliphatic carboxylic acids is 1. The average molecular weight is 695 g/mol. The van der Waals surface area contributed by atoms with Crippen molar-refractivity contribution in [2.75, 3.05) is 32.1 Å². The standard InChI is InChI=1S/C34H38N4O12/c1-4-34-10-13-37(14-11-34)24(17-34)29(20-9-12-35-22-7-6-19(47-3)16-21(20)22)50-33(44)36(2)23-15-18(38(45)46)5-8-25(23)48-32-28(41)26(39)27(40)30(49-32)31(42)43/h4-9,12,15-16,24,26-30,32,39-41H,1,10-11,13-14,17H2,2-3H3,(H,42,43)/t24?,26-,27-,28+,29?,30-,32+/m0/s1. The summed E-state index contributed by atoms with van der Waals surface area (Å²) in [5.41, 5.74) is 0.585. The van der Waals surface area contributed by atoms with E-state index in [1.54, 1.807) is 31.5 Å². The van der Waals surface area contributed by atoms with Crippen LogP contribution in [-0.4, -0.2) is 111 Å². The molecule has 16 nitrogen and oxygen atoms in total. The second-order valence-electron chi connectivity index (χ2n) is 12.8. The van der Waals surface area contributed by atoms with E-state index in [0.29, 0.717) is 28.6 Å². The molecule has 5 heterocycles. The van der Waals surface area contributed by atoms with Gasteiger partial charge in [-0.05, 0) is 68.1 Å². The number of pyridine rings is 1. The second-order valence-corrected chi connectivity index (χ2v) is 12.8. The van der Waals surface area contributed by atoms with Crippen molar-refractivity contribution < 1.29 is 53.9 Å². The van der Waals surface area contributed by atoms with Crippen LogP contribution in [0.25, 0.3) is 10.9 Å². The van der Waals surface area contributed by atoms with Gasteiger partial charge in [-0.25, -0.2) is 9.59 Å². The summed E-state index contributed by atoms with van der Waals surface area (Å²) in [6.45, 7) is 5.63. The minimum Gasteiger partial charge on any atom is -0.497 e. The molecule has 4 aliphatic heterocycles. The number of carboxylic acid groups (broad SMARTS) is 1. The van der Waals surface area contributed by atoms with Gasteiger partial charge < -0.3 is 39.4 Å². The molecule has 266 valence electrons. The first-order valence-corrected chi connectivity index (χ1v) is 16.0. The van der Waals surface area contributed by atoms with Crippen LogP contribution < -0.4 is 14.4 Å². The molecule has 4 N–H and O–H groups in total. The number of amides is 1. The number of piperidine rings is 3. The van der Waals surface area contributed by atoms with E-state index in [0.717, 1.165) is 49.0 Å². The molecule has 4 fully saturated rings. The summed E-state index contributed by atoms with van der Waals surface area (Å²) in [4.78, 5) is 44.7. The zero-order valence-corrected chi connectivity index (χ0v) is 27.3. The number of ether oxygens (including phenoxy) is 4. The number of nitro benzene ring substituents is 1. The molecule has 7 atom stereocenters. The number of aliphatic hydroxyl groups excluding tert-OH is 3. The predicted octanol–water partition coefficient (Wildman–Crippen LogP) is 2.78. The van der Waals surface area contributed by atoms with Gasteiger partial charge in [0.25, 0.3) is 5.69 Å². The molecule has 2 aromatic carbocycles. The fourth-order valence-corrected chi connectivity index (χ4v) is 7.05. The van der Waals surface area contributed by atoms with E-state index in [9.17, 15) is 40.1 Å². The van der Waals surface area contributed by atoms with E-state index in [1.807, 2.05) is 12.1 Å². The van der Waals surface area contributed by atoms with Crippen LogP contribution >= 0.6 is 0 Å². The molecular formula is C34H38N4O12. The quantitative estimate of drug-likeness (QED) is 0.136. The number of anilines is 1. The molecule has 3 aromatic rings. The number of carboxylic acids is 1. The largest absolute Gasteiger partial charge is 0.497 e. The highest BCUT2D eigenvalue weighted by Gasteiger charge is 2.49. The number of nitro groups is 1. The van der Waals surface area contributed by atoms with E-state index < -0.39 is 59.5 Å². The van der Waals surface area contributed by atoms with Crippen molar-refractivity contribution >= 4 is 34.3 Å². The predicted molar refractivity (Wildman–Crippen MR) is 176 cm³/mol. The van der Waals surface area contributed by atoms with Crippen LogP contribution in [0.4, 0.5) is 16.2 Å². The molecule has 0 radical (unpaired) electrons. The van der Waals surface area contributed by atoms with Crippen molar-refractivity contribution in [2.45, 2.75) is 62.1 Å². The minimum absolute atomic E-state index is 0.148. The number of fused-ring (bicyclic) bond motifs is 4. The maximum atomic E-state index is 14.2. The number of aliphatic hydroxyl groups is 3. The maximum Gasteiger partial charge on any atom is 0.414 e. The third-order valence-corrected chi connectivity index (χ3v) is 10.0. The highest BCUT2D eigenvalue weighted by Crippen LogP contribution is 2.49. The topological polar surface area (TPSA) is 214 Å². The van der Waals surface area contributed by atoms with Gasteiger partial charge in [-0.3, -0.25) is 24.9 Å². The van der Waals surface area contributed by atoms with E-state index in [-0.39, 0.29) is 22.9 Å². The van der Waals surface area contributed by atoms with Crippen molar-refractivity contribution in [1.29, 1.82) is 0 Å². The number of rotatable bonds is 10. The molecule has 0 spiro atoms. The smallest absolute Gasteiger partial charge is 0.414 e. The normalized spacial score (nSPS) is 29.5. The number of aromatic nitrogens is 1. The van der Waals surface area contributed by atoms with Crippen LogP contribution in [0.2, 0.25) is 0 Å². The first kappa shape index (κ1) is 35.0. The molecule has 0 saturated carbocycles. The number of carbonyl (C=O) groups is 2. The van der Waals surface area contributed by atoms with Crippen LogP contribution in [0.1, 0.15) is 30.9 Å². The monoisotopic (exact) mass is 694 g/mol. The third kappa shape index (κ3) is 6.43. The molecule has 2 unspecified atom stereocenters. The molecule has 50 heavy (non-hydrogen) atoms. The summed E-state index contributed by atoms with van der Waals surface area (Å²) in [5.74, 6) is -1.29. The van der Waals surface area contributed by atoms with Gasteiger partial charge in [-0.2, -0.15) is 0 Å². The number of methoxy groups -OCH3 is 1. The Morgan fingerprint density at radius 1 is 1.14 bits per heavy atom. The number of hydrogen-bond acceptors (Lipinski definition) is 13. The van der Waals surface area contributed by atoms with Gasteiger partial charge in [0.15, 0.2) is 6.10 Å². The van der Waals surface area contributed by atoms with Crippen LogP contribution in [-0.2, 0) is 14.3 Å². The van der Waals surface area contributed by atoms with Crippen LogP contribution in [0.5, 0.6) is 11.5 Å². The summed E-state index contributed by atoms with van der Waals surface area (Å²) in [6.07, 6.45) is -5.32. The van der Waals surface area contributed by atoms with Crippen molar-refractivity contribution in [1.82, 2.24) is 9.88 Å². The van der Waals surface area contributed by atoms with Crippen LogP contribution in [0, 0.1) is 15.5 Å². The maximum absolute atomic E-state index is 14.2. The van der Waals surface area contributed by atoms with Crippen molar-refractivity contribution in [2.24, 2.45) is 5.41 Å². The lowest BCUT2D eigenvalue weighted by Crippen LogP contribution is -2.61. The Hall–Kier alpha value is -4.87. The van der Waals surface area contributed by atoms with E-state index >= 15 is 0 Å². The number of nitrogens with zero attached hydrogens (tertiary/aromatic N) is 4.